The summed E-state index contributed by atoms with van der Waals surface area (Å²) in [5, 5.41) is 17.5. The minimum atomic E-state index is -1.45. The van der Waals surface area contributed by atoms with Gasteiger partial charge in [-0.2, -0.15) is 0 Å². The minimum absolute atomic E-state index is 0.139. The van der Waals surface area contributed by atoms with Gasteiger partial charge in [-0.3, -0.25) is 9.59 Å². The van der Waals surface area contributed by atoms with Gasteiger partial charge in [0.1, 0.15) is 5.60 Å². The SMILES string of the molecule is CNC(=O)C(O)C(CC1CCNC1=O)NC(=O)OC(C)(C)C. The first-order valence-corrected chi connectivity index (χ1v) is 7.31. The Morgan fingerprint density at radius 1 is 1.45 bits per heavy atom. The number of carbonyl (C=O) groups is 3. The summed E-state index contributed by atoms with van der Waals surface area (Å²) in [6.07, 6.45) is -1.42. The summed E-state index contributed by atoms with van der Waals surface area (Å²) in [4.78, 5) is 35.1. The highest BCUT2D eigenvalue weighted by molar-refractivity contribution is 5.83. The average molecular weight is 315 g/mol. The lowest BCUT2D eigenvalue weighted by Gasteiger charge is -2.27. The van der Waals surface area contributed by atoms with Crippen molar-refractivity contribution in [3.05, 3.63) is 0 Å². The first kappa shape index (κ1) is 18.2. The smallest absolute Gasteiger partial charge is 0.407 e. The van der Waals surface area contributed by atoms with Crippen LogP contribution in [0.5, 0.6) is 0 Å². The number of likely N-dealkylation sites (N-methyl/N-ethyl adjacent to an activating group) is 1. The van der Waals surface area contributed by atoms with Crippen LogP contribution in [0.1, 0.15) is 33.6 Å². The molecule has 0 saturated carbocycles. The largest absolute Gasteiger partial charge is 0.444 e. The van der Waals surface area contributed by atoms with Gasteiger partial charge >= 0.3 is 6.09 Å². The van der Waals surface area contributed by atoms with Crippen molar-refractivity contribution in [2.45, 2.75) is 51.4 Å². The molecule has 1 saturated heterocycles. The molecule has 126 valence electrons. The molecular formula is C14H25N3O5. The van der Waals surface area contributed by atoms with E-state index in [0.717, 1.165) is 0 Å². The van der Waals surface area contributed by atoms with E-state index in [1.165, 1.54) is 7.05 Å². The first-order chi connectivity index (χ1) is 10.1. The maximum Gasteiger partial charge on any atom is 0.407 e. The fraction of sp³-hybridized carbons (Fsp3) is 0.786. The standard InChI is InChI=1S/C14H25N3O5/c1-14(2,3)22-13(21)17-9(10(18)12(20)15-4)7-8-5-6-16-11(8)19/h8-10,18H,5-7H2,1-4H3,(H,15,20)(H,16,19)(H,17,21). The van der Waals surface area contributed by atoms with Crippen LogP contribution >= 0.6 is 0 Å². The Morgan fingerprint density at radius 2 is 2.09 bits per heavy atom. The number of alkyl carbamates (subject to hydrolysis) is 1. The maximum absolute atomic E-state index is 11.9. The summed E-state index contributed by atoms with van der Waals surface area (Å²) < 4.78 is 5.13. The van der Waals surface area contributed by atoms with Crippen molar-refractivity contribution in [3.8, 4) is 0 Å². The molecule has 4 N–H and O–H groups in total. The molecule has 0 aromatic heterocycles. The third-order valence-electron chi connectivity index (χ3n) is 3.30. The topological polar surface area (TPSA) is 117 Å². The van der Waals surface area contributed by atoms with Crippen LogP contribution in [0.25, 0.3) is 0 Å². The van der Waals surface area contributed by atoms with E-state index < -0.39 is 29.7 Å². The highest BCUT2D eigenvalue weighted by Crippen LogP contribution is 2.18. The van der Waals surface area contributed by atoms with Crippen LogP contribution in [0, 0.1) is 5.92 Å². The van der Waals surface area contributed by atoms with Crippen molar-refractivity contribution in [1.29, 1.82) is 0 Å². The van der Waals surface area contributed by atoms with Crippen molar-refractivity contribution in [2.24, 2.45) is 5.92 Å². The molecule has 0 aromatic rings. The van der Waals surface area contributed by atoms with E-state index in [-0.39, 0.29) is 18.2 Å². The Bertz CT molecular complexity index is 433. The third kappa shape index (κ3) is 5.51. The van der Waals surface area contributed by atoms with Crippen molar-refractivity contribution in [2.75, 3.05) is 13.6 Å². The number of amides is 3. The molecule has 1 aliphatic heterocycles. The van der Waals surface area contributed by atoms with Crippen molar-refractivity contribution >= 4 is 17.9 Å². The lowest BCUT2D eigenvalue weighted by Crippen LogP contribution is -2.52. The Kier molecular flexibility index (Phi) is 6.16. The molecule has 1 aliphatic rings. The van der Waals surface area contributed by atoms with E-state index in [9.17, 15) is 19.5 Å². The molecule has 1 fully saturated rings. The molecule has 1 heterocycles. The number of ether oxygens (including phenoxy) is 1. The lowest BCUT2D eigenvalue weighted by molar-refractivity contribution is -0.131. The number of carbonyl (C=O) groups excluding carboxylic acids is 3. The summed E-state index contributed by atoms with van der Waals surface area (Å²) in [6, 6.07) is -0.899. The number of hydrogen-bond acceptors (Lipinski definition) is 5. The van der Waals surface area contributed by atoms with Crippen LogP contribution in [0.15, 0.2) is 0 Å². The van der Waals surface area contributed by atoms with E-state index in [1.807, 2.05) is 0 Å². The summed E-state index contributed by atoms with van der Waals surface area (Å²) in [5.74, 6) is -1.11. The van der Waals surface area contributed by atoms with Crippen LogP contribution in [0.2, 0.25) is 0 Å². The predicted octanol–water partition coefficient (Wildman–Crippen LogP) is -0.487. The van der Waals surface area contributed by atoms with Gasteiger partial charge in [0.2, 0.25) is 5.91 Å². The van der Waals surface area contributed by atoms with E-state index in [2.05, 4.69) is 16.0 Å². The number of aliphatic hydroxyl groups excluding tert-OH is 1. The van der Waals surface area contributed by atoms with Crippen molar-refractivity contribution in [3.63, 3.8) is 0 Å². The summed E-state index contributed by atoms with van der Waals surface area (Å²) in [5.41, 5.74) is -0.697. The van der Waals surface area contributed by atoms with Gasteiger partial charge < -0.3 is 25.8 Å². The molecule has 3 atom stereocenters. The van der Waals surface area contributed by atoms with Gasteiger partial charge in [-0.05, 0) is 33.6 Å². The fourth-order valence-electron chi connectivity index (χ4n) is 2.23. The molecule has 8 nitrogen and oxygen atoms in total. The van der Waals surface area contributed by atoms with Gasteiger partial charge in [-0.15, -0.1) is 0 Å². The Hall–Kier alpha value is -1.83. The zero-order valence-electron chi connectivity index (χ0n) is 13.4. The Labute approximate surface area is 130 Å². The second kappa shape index (κ2) is 7.44. The van der Waals surface area contributed by atoms with Crippen LogP contribution < -0.4 is 16.0 Å². The quantitative estimate of drug-likeness (QED) is 0.546. The van der Waals surface area contributed by atoms with Gasteiger partial charge in [0.25, 0.3) is 5.91 Å². The molecule has 1 rings (SSSR count). The van der Waals surface area contributed by atoms with Gasteiger partial charge in [0.05, 0.1) is 6.04 Å². The average Bonchev–Trinajstić information content (AvgIpc) is 2.79. The van der Waals surface area contributed by atoms with E-state index in [4.69, 9.17) is 4.74 Å². The van der Waals surface area contributed by atoms with Gasteiger partial charge in [-0.25, -0.2) is 4.79 Å². The van der Waals surface area contributed by atoms with Crippen molar-refractivity contribution in [1.82, 2.24) is 16.0 Å². The van der Waals surface area contributed by atoms with Gasteiger partial charge in [-0.1, -0.05) is 0 Å². The van der Waals surface area contributed by atoms with Crippen LogP contribution in [-0.2, 0) is 14.3 Å². The molecule has 0 spiro atoms. The predicted molar refractivity (Wildman–Crippen MR) is 79.0 cm³/mol. The maximum atomic E-state index is 11.9. The van der Waals surface area contributed by atoms with E-state index >= 15 is 0 Å². The van der Waals surface area contributed by atoms with Gasteiger partial charge in [0, 0.05) is 19.5 Å². The van der Waals surface area contributed by atoms with Gasteiger partial charge in [0.15, 0.2) is 6.10 Å². The first-order valence-electron chi connectivity index (χ1n) is 7.31. The van der Waals surface area contributed by atoms with Crippen LogP contribution in [0.3, 0.4) is 0 Å². The molecule has 8 heteroatoms. The molecule has 0 aliphatic carbocycles. The van der Waals surface area contributed by atoms with Crippen molar-refractivity contribution < 1.29 is 24.2 Å². The highest BCUT2D eigenvalue weighted by atomic mass is 16.6. The number of hydrogen-bond donors (Lipinski definition) is 4. The molecular weight excluding hydrogens is 290 g/mol. The number of rotatable bonds is 5. The summed E-state index contributed by atoms with van der Waals surface area (Å²) in [7, 11) is 1.39. The summed E-state index contributed by atoms with van der Waals surface area (Å²) >= 11 is 0. The second-order valence-corrected chi connectivity index (χ2v) is 6.32. The molecule has 0 aromatic carbocycles. The molecule has 22 heavy (non-hydrogen) atoms. The summed E-state index contributed by atoms with van der Waals surface area (Å²) in [6.45, 7) is 5.68. The molecule has 0 bridgehead atoms. The minimum Gasteiger partial charge on any atom is -0.444 e. The Balaban J connectivity index is 2.75. The fourth-order valence-corrected chi connectivity index (χ4v) is 2.23. The highest BCUT2D eigenvalue weighted by Gasteiger charge is 2.34. The zero-order chi connectivity index (χ0) is 16.9. The van der Waals surface area contributed by atoms with Crippen LogP contribution in [-0.4, -0.2) is 54.4 Å². The Morgan fingerprint density at radius 3 is 2.55 bits per heavy atom. The zero-order valence-corrected chi connectivity index (χ0v) is 13.4. The lowest BCUT2D eigenvalue weighted by atomic mass is 9.94. The molecule has 3 unspecified atom stereocenters. The van der Waals surface area contributed by atoms with E-state index in [1.54, 1.807) is 20.8 Å². The second-order valence-electron chi connectivity index (χ2n) is 6.32. The molecule has 0 radical (unpaired) electrons. The molecule has 3 amide bonds. The third-order valence-corrected chi connectivity index (χ3v) is 3.30. The monoisotopic (exact) mass is 315 g/mol. The number of nitrogens with one attached hydrogen (secondary N) is 3. The van der Waals surface area contributed by atoms with Crippen LogP contribution in [0.4, 0.5) is 4.79 Å². The number of aliphatic hydroxyl groups is 1. The normalized spacial score (nSPS) is 20.8. The van der Waals surface area contributed by atoms with E-state index in [0.29, 0.717) is 13.0 Å².